The SMILES string of the molecule is CC1C=C(N(c2ccc(C3C=c4ccccc4=CC3)cc2)c2cccc(-c3cccc(-c4cccc5c4c4ccccc4n5-c4ccccc4)c3)c2)C=CC1c1ccc(-c2cccc3ccccc23)cc1. The zero-order valence-electron chi connectivity index (χ0n) is 39.7. The van der Waals surface area contributed by atoms with E-state index in [1.165, 1.54) is 93.2 Å². The molecule has 3 unspecified atom stereocenters. The number of aromatic nitrogens is 1. The van der Waals surface area contributed by atoms with Crippen LogP contribution in [0.1, 0.15) is 36.3 Å². The Bertz CT molecular complexity index is 3980. The minimum atomic E-state index is 0.255. The van der Waals surface area contributed by atoms with Crippen molar-refractivity contribution >= 4 is 56.1 Å². The molecule has 0 saturated heterocycles. The smallest absolute Gasteiger partial charge is 0.0547 e. The molecule has 10 aromatic carbocycles. The van der Waals surface area contributed by atoms with Crippen LogP contribution in [0.2, 0.25) is 0 Å². The second kappa shape index (κ2) is 18.0. The van der Waals surface area contributed by atoms with Gasteiger partial charge in [0, 0.05) is 45.4 Å². The first kappa shape index (κ1) is 42.4. The Kier molecular flexibility index (Phi) is 10.7. The second-order valence-corrected chi connectivity index (χ2v) is 19.3. The van der Waals surface area contributed by atoms with Crippen molar-refractivity contribution in [2.24, 2.45) is 5.92 Å². The van der Waals surface area contributed by atoms with Crippen molar-refractivity contribution in [1.29, 1.82) is 0 Å². The molecule has 11 aromatic rings. The lowest BCUT2D eigenvalue weighted by molar-refractivity contribution is 0.628. The summed E-state index contributed by atoms with van der Waals surface area (Å²) in [6.07, 6.45) is 13.1. The largest absolute Gasteiger partial charge is 0.311 e. The number of nitrogens with zero attached hydrogens (tertiary/aromatic N) is 2. The Morgan fingerprint density at radius 1 is 0.451 bits per heavy atom. The number of para-hydroxylation sites is 2. The molecule has 3 atom stereocenters. The zero-order chi connectivity index (χ0) is 47.3. The van der Waals surface area contributed by atoms with Crippen LogP contribution >= 0.6 is 0 Å². The molecule has 0 N–H and O–H groups in total. The van der Waals surface area contributed by atoms with E-state index in [2.05, 4.69) is 283 Å². The van der Waals surface area contributed by atoms with Gasteiger partial charge in [-0.1, -0.05) is 213 Å². The van der Waals surface area contributed by atoms with Crippen LogP contribution in [0.15, 0.2) is 261 Å². The normalized spacial score (nSPS) is 16.3. The molecule has 338 valence electrons. The molecule has 0 saturated carbocycles. The fourth-order valence-corrected chi connectivity index (χ4v) is 11.5. The van der Waals surface area contributed by atoms with Gasteiger partial charge in [-0.15, -0.1) is 0 Å². The lowest BCUT2D eigenvalue weighted by Crippen LogP contribution is -2.27. The number of fused-ring (bicyclic) bond motifs is 5. The number of hydrogen-bond acceptors (Lipinski definition) is 1. The Morgan fingerprint density at radius 3 is 1.94 bits per heavy atom. The van der Waals surface area contributed by atoms with E-state index in [0.717, 1.165) is 23.5 Å². The number of hydrogen-bond donors (Lipinski definition) is 0. The molecular weight excluding hydrogens is 857 g/mol. The minimum absolute atomic E-state index is 0.255. The third-order valence-electron chi connectivity index (χ3n) is 15.0. The van der Waals surface area contributed by atoms with Gasteiger partial charge in [-0.25, -0.2) is 0 Å². The molecule has 1 heterocycles. The van der Waals surface area contributed by atoms with E-state index in [0.29, 0.717) is 5.92 Å². The van der Waals surface area contributed by atoms with E-state index in [1.807, 2.05) is 0 Å². The standard InChI is InChI=1S/C69H52N2/c1-47-43-61(41-42-62(47)51-32-34-52(35-33-51)64-27-13-18-50-16-7-8-25-63(50)64)70(59-39-37-49(38-40-59)56-36-31-48-15-5-6-17-53(48)44-56)60-24-12-20-55(46-60)54-19-11-21-57(45-54)65-28-14-30-68-69(65)66-26-9-10-29-67(66)71(68)58-22-3-2-4-23-58/h2-35,37-47,56,62H,36H2,1H3. The maximum atomic E-state index is 2.47. The molecule has 2 nitrogen and oxygen atoms in total. The Balaban J connectivity index is 0.861. The highest BCUT2D eigenvalue weighted by molar-refractivity contribution is 6.16. The van der Waals surface area contributed by atoms with E-state index < -0.39 is 0 Å². The number of anilines is 2. The van der Waals surface area contributed by atoms with Crippen molar-refractivity contribution < 1.29 is 0 Å². The van der Waals surface area contributed by atoms with Gasteiger partial charge >= 0.3 is 0 Å². The quantitative estimate of drug-likeness (QED) is 0.140. The monoisotopic (exact) mass is 908 g/mol. The highest BCUT2D eigenvalue weighted by atomic mass is 15.1. The van der Waals surface area contributed by atoms with Crippen LogP contribution in [0.25, 0.3) is 83.8 Å². The third-order valence-corrected chi connectivity index (χ3v) is 15.0. The number of allylic oxidation sites excluding steroid dienone is 3. The summed E-state index contributed by atoms with van der Waals surface area (Å²) in [4.78, 5) is 2.45. The fourth-order valence-electron chi connectivity index (χ4n) is 11.5. The molecule has 13 rings (SSSR count). The fraction of sp³-hybridized carbons (Fsp3) is 0.0725. The van der Waals surface area contributed by atoms with Crippen molar-refractivity contribution in [1.82, 2.24) is 4.57 Å². The summed E-state index contributed by atoms with van der Waals surface area (Å²) < 4.78 is 2.40. The molecule has 0 radical (unpaired) electrons. The lowest BCUT2D eigenvalue weighted by atomic mass is 9.82. The van der Waals surface area contributed by atoms with Gasteiger partial charge in [-0.3, -0.25) is 0 Å². The van der Waals surface area contributed by atoms with Gasteiger partial charge in [0.05, 0.1) is 11.0 Å². The minimum Gasteiger partial charge on any atom is -0.311 e. The van der Waals surface area contributed by atoms with Gasteiger partial charge in [0.15, 0.2) is 0 Å². The highest BCUT2D eigenvalue weighted by Gasteiger charge is 2.24. The third kappa shape index (κ3) is 7.79. The van der Waals surface area contributed by atoms with Crippen LogP contribution in [0, 0.1) is 5.92 Å². The molecule has 2 aliphatic carbocycles. The van der Waals surface area contributed by atoms with Crippen LogP contribution in [0.4, 0.5) is 11.4 Å². The van der Waals surface area contributed by atoms with Crippen molar-refractivity contribution in [3.63, 3.8) is 0 Å². The molecule has 0 bridgehead atoms. The second-order valence-electron chi connectivity index (χ2n) is 19.3. The van der Waals surface area contributed by atoms with E-state index >= 15 is 0 Å². The van der Waals surface area contributed by atoms with Crippen LogP contribution in [0.5, 0.6) is 0 Å². The molecule has 2 heteroatoms. The maximum absolute atomic E-state index is 2.47. The summed E-state index contributed by atoms with van der Waals surface area (Å²) in [5.41, 5.74) is 17.0. The van der Waals surface area contributed by atoms with Crippen molar-refractivity contribution in [2.75, 3.05) is 4.90 Å². The lowest BCUT2D eigenvalue weighted by Gasteiger charge is -2.32. The zero-order valence-corrected chi connectivity index (χ0v) is 39.7. The molecule has 71 heavy (non-hydrogen) atoms. The molecule has 0 spiro atoms. The van der Waals surface area contributed by atoms with E-state index in [9.17, 15) is 0 Å². The first-order valence-electron chi connectivity index (χ1n) is 25.1. The van der Waals surface area contributed by atoms with E-state index in [4.69, 9.17) is 0 Å². The summed E-state index contributed by atoms with van der Waals surface area (Å²) >= 11 is 0. The van der Waals surface area contributed by atoms with Gasteiger partial charge in [0.2, 0.25) is 0 Å². The summed E-state index contributed by atoms with van der Waals surface area (Å²) in [6, 6.07) is 87.0. The first-order chi connectivity index (χ1) is 35.1. The van der Waals surface area contributed by atoms with Gasteiger partial charge in [-0.2, -0.15) is 0 Å². The average Bonchev–Trinajstić information content (AvgIpc) is 3.78. The Morgan fingerprint density at radius 2 is 1.10 bits per heavy atom. The molecular formula is C69H52N2. The topological polar surface area (TPSA) is 8.17 Å². The van der Waals surface area contributed by atoms with Crippen molar-refractivity contribution in [2.45, 2.75) is 25.2 Å². The summed E-state index contributed by atoms with van der Waals surface area (Å²) in [5, 5.41) is 7.72. The van der Waals surface area contributed by atoms with Crippen LogP contribution < -0.4 is 15.3 Å². The van der Waals surface area contributed by atoms with Crippen LogP contribution in [-0.2, 0) is 0 Å². The van der Waals surface area contributed by atoms with Crippen LogP contribution in [0.3, 0.4) is 0 Å². The first-order valence-corrected chi connectivity index (χ1v) is 25.1. The van der Waals surface area contributed by atoms with E-state index in [1.54, 1.807) is 0 Å². The van der Waals surface area contributed by atoms with Gasteiger partial charge in [0.1, 0.15) is 0 Å². The molecule has 1 aromatic heterocycles. The number of benzene rings is 10. The van der Waals surface area contributed by atoms with E-state index in [-0.39, 0.29) is 11.8 Å². The average molecular weight is 909 g/mol. The highest BCUT2D eigenvalue weighted by Crippen LogP contribution is 2.43. The maximum Gasteiger partial charge on any atom is 0.0547 e. The van der Waals surface area contributed by atoms with Gasteiger partial charge in [-0.05, 0) is 139 Å². The van der Waals surface area contributed by atoms with Crippen molar-refractivity contribution in [3.05, 3.63) is 282 Å². The van der Waals surface area contributed by atoms with Crippen LogP contribution in [-0.4, -0.2) is 4.57 Å². The molecule has 0 fully saturated rings. The molecule has 2 aliphatic rings. The summed E-state index contributed by atoms with van der Waals surface area (Å²) in [5.74, 6) is 0.860. The Labute approximate surface area is 415 Å². The van der Waals surface area contributed by atoms with Crippen molar-refractivity contribution in [3.8, 4) is 39.1 Å². The number of rotatable bonds is 9. The summed E-state index contributed by atoms with van der Waals surface area (Å²) in [6.45, 7) is 2.36. The Hall–Kier alpha value is -8.72. The molecule has 0 aliphatic heterocycles. The van der Waals surface area contributed by atoms with Gasteiger partial charge < -0.3 is 9.47 Å². The predicted octanol–water partition coefficient (Wildman–Crippen LogP) is 16.7. The predicted molar refractivity (Wildman–Crippen MR) is 301 cm³/mol. The van der Waals surface area contributed by atoms with Gasteiger partial charge in [0.25, 0.3) is 0 Å². The molecule has 0 amide bonds. The summed E-state index contributed by atoms with van der Waals surface area (Å²) in [7, 11) is 0.